The topological polar surface area (TPSA) is 12.5 Å². The Morgan fingerprint density at radius 2 is 1.76 bits per heavy atom. The fourth-order valence-electron chi connectivity index (χ4n) is 2.51. The molecule has 1 aliphatic rings. The van der Waals surface area contributed by atoms with Gasteiger partial charge in [0.15, 0.2) is 0 Å². The van der Waals surface area contributed by atoms with Gasteiger partial charge in [-0.1, -0.05) is 36.4 Å². The molecule has 2 aromatic carbocycles. The highest BCUT2D eigenvalue weighted by Gasteiger charge is 2.32. The predicted octanol–water partition coefficient (Wildman–Crippen LogP) is 4.24. The van der Waals surface area contributed by atoms with Crippen molar-refractivity contribution in [2.24, 2.45) is 0 Å². The molecule has 0 amide bonds. The van der Waals surface area contributed by atoms with Crippen LogP contribution in [0.2, 0.25) is 0 Å². The number of hydrogen-bond donors (Lipinski definition) is 0. The molecule has 1 saturated heterocycles. The summed E-state index contributed by atoms with van der Waals surface area (Å²) in [4.78, 5) is 1.85. The first kappa shape index (κ1) is 13.9. The lowest BCUT2D eigenvalue weighted by Crippen LogP contribution is -2.24. The highest BCUT2D eigenvalue weighted by molar-refractivity contribution is 5.52. The van der Waals surface area contributed by atoms with E-state index in [-0.39, 0.29) is 6.04 Å². The first-order chi connectivity index (χ1) is 10.1. The summed E-state index contributed by atoms with van der Waals surface area (Å²) in [7, 11) is 0. The molecule has 0 aliphatic carbocycles. The average molecular weight is 293 g/mol. The summed E-state index contributed by atoms with van der Waals surface area (Å²) in [6, 6.07) is 15.0. The number of halogens is 3. The second kappa shape index (κ2) is 5.41. The molecule has 2 nitrogen and oxygen atoms in total. The van der Waals surface area contributed by atoms with Crippen LogP contribution in [-0.2, 0) is 10.9 Å². The number of hydrogen-bond acceptors (Lipinski definition) is 2. The van der Waals surface area contributed by atoms with Gasteiger partial charge in [-0.3, -0.25) is 0 Å². The molecule has 1 unspecified atom stereocenters. The van der Waals surface area contributed by atoms with Crippen LogP contribution in [0.5, 0.6) is 0 Å². The molecule has 0 N–H and O–H groups in total. The van der Waals surface area contributed by atoms with Crippen LogP contribution in [0.4, 0.5) is 18.9 Å². The second-order valence-corrected chi connectivity index (χ2v) is 4.94. The molecule has 110 valence electrons. The van der Waals surface area contributed by atoms with Gasteiger partial charge in [0.1, 0.15) is 6.73 Å². The molecule has 0 radical (unpaired) electrons. The minimum atomic E-state index is -4.33. The van der Waals surface area contributed by atoms with Crippen LogP contribution < -0.4 is 4.90 Å². The van der Waals surface area contributed by atoms with Crippen LogP contribution in [-0.4, -0.2) is 13.3 Å². The van der Waals surface area contributed by atoms with E-state index < -0.39 is 11.7 Å². The zero-order valence-electron chi connectivity index (χ0n) is 11.2. The van der Waals surface area contributed by atoms with Gasteiger partial charge in [0.25, 0.3) is 0 Å². The lowest BCUT2D eigenvalue weighted by Gasteiger charge is -2.25. The van der Waals surface area contributed by atoms with Crippen molar-refractivity contribution in [2.45, 2.75) is 12.2 Å². The molecule has 0 bridgehead atoms. The summed E-state index contributed by atoms with van der Waals surface area (Å²) in [5.74, 6) is 0. The van der Waals surface area contributed by atoms with Crippen LogP contribution in [0, 0.1) is 0 Å². The Hall–Kier alpha value is -2.01. The van der Waals surface area contributed by atoms with Gasteiger partial charge in [0.05, 0.1) is 18.2 Å². The maximum atomic E-state index is 12.8. The Morgan fingerprint density at radius 3 is 2.48 bits per heavy atom. The molecule has 5 heteroatoms. The molecule has 3 rings (SSSR count). The molecule has 0 saturated carbocycles. The van der Waals surface area contributed by atoms with Crippen LogP contribution in [0.1, 0.15) is 17.2 Å². The number of ether oxygens (including phenoxy) is 1. The van der Waals surface area contributed by atoms with Crippen LogP contribution in [0.15, 0.2) is 54.6 Å². The Kier molecular flexibility index (Phi) is 3.59. The molecule has 1 atom stereocenters. The number of nitrogens with zero attached hydrogens (tertiary/aromatic N) is 1. The van der Waals surface area contributed by atoms with Crippen molar-refractivity contribution in [3.63, 3.8) is 0 Å². The van der Waals surface area contributed by atoms with Gasteiger partial charge in [-0.05, 0) is 23.8 Å². The molecule has 2 aromatic rings. The maximum absolute atomic E-state index is 12.8. The summed E-state index contributed by atoms with van der Waals surface area (Å²) in [5.41, 5.74) is 0.919. The minimum absolute atomic E-state index is 0.0605. The van der Waals surface area contributed by atoms with E-state index in [0.717, 1.165) is 11.6 Å². The number of anilines is 1. The molecule has 0 aromatic heterocycles. The summed E-state index contributed by atoms with van der Waals surface area (Å²) in [5, 5.41) is 0. The Balaban J connectivity index is 1.93. The molecule has 0 spiro atoms. The van der Waals surface area contributed by atoms with E-state index in [1.165, 1.54) is 12.1 Å². The number of rotatable bonds is 2. The van der Waals surface area contributed by atoms with Gasteiger partial charge < -0.3 is 9.64 Å². The third kappa shape index (κ3) is 2.88. The standard InChI is InChI=1S/C16H14F3NO/c17-16(18,19)13-7-4-8-14(9-13)20-11-21-10-15(20)12-5-2-1-3-6-12/h1-9,15H,10-11H2. The van der Waals surface area contributed by atoms with E-state index in [1.807, 2.05) is 35.2 Å². The normalized spacial score (nSPS) is 19.0. The monoisotopic (exact) mass is 293 g/mol. The van der Waals surface area contributed by atoms with E-state index in [9.17, 15) is 13.2 Å². The zero-order chi connectivity index (χ0) is 14.9. The van der Waals surface area contributed by atoms with Crippen LogP contribution >= 0.6 is 0 Å². The van der Waals surface area contributed by atoms with Crippen molar-refractivity contribution in [2.75, 3.05) is 18.2 Å². The third-order valence-corrected chi connectivity index (χ3v) is 3.57. The van der Waals surface area contributed by atoms with Gasteiger partial charge >= 0.3 is 6.18 Å². The lowest BCUT2D eigenvalue weighted by molar-refractivity contribution is -0.137. The fraction of sp³-hybridized carbons (Fsp3) is 0.250. The second-order valence-electron chi connectivity index (χ2n) is 4.94. The Labute approximate surface area is 120 Å². The smallest absolute Gasteiger partial charge is 0.359 e. The van der Waals surface area contributed by atoms with Gasteiger partial charge in [0, 0.05) is 5.69 Å². The highest BCUT2D eigenvalue weighted by Crippen LogP contribution is 2.35. The third-order valence-electron chi connectivity index (χ3n) is 3.57. The SMILES string of the molecule is FC(F)(F)c1cccc(N2COCC2c2ccccc2)c1. The van der Waals surface area contributed by atoms with Gasteiger partial charge in [-0.2, -0.15) is 13.2 Å². The van der Waals surface area contributed by atoms with E-state index in [0.29, 0.717) is 19.0 Å². The number of alkyl halides is 3. The Bertz CT molecular complexity index is 612. The van der Waals surface area contributed by atoms with Gasteiger partial charge in [-0.25, -0.2) is 0 Å². The minimum Gasteiger partial charge on any atom is -0.359 e. The van der Waals surface area contributed by atoms with Crippen molar-refractivity contribution >= 4 is 5.69 Å². The molecule has 1 heterocycles. The number of benzene rings is 2. The summed E-state index contributed by atoms with van der Waals surface area (Å²) in [6.45, 7) is 0.765. The first-order valence-corrected chi connectivity index (χ1v) is 6.62. The molecular weight excluding hydrogens is 279 g/mol. The maximum Gasteiger partial charge on any atom is 0.416 e. The molecule has 1 fully saturated rings. The van der Waals surface area contributed by atoms with Crippen molar-refractivity contribution in [3.8, 4) is 0 Å². The van der Waals surface area contributed by atoms with Crippen molar-refractivity contribution in [1.29, 1.82) is 0 Å². The summed E-state index contributed by atoms with van der Waals surface area (Å²) >= 11 is 0. The Morgan fingerprint density at radius 1 is 1.00 bits per heavy atom. The average Bonchev–Trinajstić information content (AvgIpc) is 2.97. The van der Waals surface area contributed by atoms with Crippen LogP contribution in [0.3, 0.4) is 0 Å². The predicted molar refractivity (Wildman–Crippen MR) is 73.9 cm³/mol. The van der Waals surface area contributed by atoms with Crippen LogP contribution in [0.25, 0.3) is 0 Å². The van der Waals surface area contributed by atoms with Crippen molar-refractivity contribution in [3.05, 3.63) is 65.7 Å². The van der Waals surface area contributed by atoms with E-state index in [4.69, 9.17) is 4.74 Å². The van der Waals surface area contributed by atoms with Gasteiger partial charge in [0.2, 0.25) is 0 Å². The first-order valence-electron chi connectivity index (χ1n) is 6.62. The molecule has 21 heavy (non-hydrogen) atoms. The van der Waals surface area contributed by atoms with E-state index in [2.05, 4.69) is 0 Å². The van der Waals surface area contributed by atoms with Crippen molar-refractivity contribution < 1.29 is 17.9 Å². The molecular formula is C16H14F3NO. The van der Waals surface area contributed by atoms with E-state index in [1.54, 1.807) is 6.07 Å². The lowest BCUT2D eigenvalue weighted by atomic mass is 10.1. The zero-order valence-corrected chi connectivity index (χ0v) is 11.2. The molecule has 1 aliphatic heterocycles. The van der Waals surface area contributed by atoms with E-state index >= 15 is 0 Å². The van der Waals surface area contributed by atoms with Crippen molar-refractivity contribution in [1.82, 2.24) is 0 Å². The largest absolute Gasteiger partial charge is 0.416 e. The fourth-order valence-corrected chi connectivity index (χ4v) is 2.51. The van der Waals surface area contributed by atoms with Gasteiger partial charge in [-0.15, -0.1) is 0 Å². The quantitative estimate of drug-likeness (QED) is 0.821. The highest BCUT2D eigenvalue weighted by atomic mass is 19.4. The summed E-state index contributed by atoms with van der Waals surface area (Å²) in [6.07, 6.45) is -4.33. The summed E-state index contributed by atoms with van der Waals surface area (Å²) < 4.78 is 43.9.